The third kappa shape index (κ3) is 0.829. The van der Waals surface area contributed by atoms with Gasteiger partial charge in [-0.05, 0) is 18.3 Å². The lowest BCUT2D eigenvalue weighted by molar-refractivity contribution is -0.134. The standard InChI is InChI=1S/C9H13N3O2/c10-7-4-3-5(7)8(4)12-2-1-6(13)11-9(12)14/h4-5,7-8H,1-3,10H2,(H,11,13,14)/t4?,5?,7-,8-. The molecule has 2 bridgehead atoms. The Morgan fingerprint density at radius 3 is 2.57 bits per heavy atom. The van der Waals surface area contributed by atoms with E-state index in [0.29, 0.717) is 36.9 Å². The van der Waals surface area contributed by atoms with Crippen LogP contribution in [0.2, 0.25) is 0 Å². The summed E-state index contributed by atoms with van der Waals surface area (Å²) >= 11 is 0. The minimum absolute atomic E-state index is 0.163. The third-order valence-corrected chi connectivity index (χ3v) is 3.86. The molecule has 3 amide bonds. The van der Waals surface area contributed by atoms with Gasteiger partial charge in [0.25, 0.3) is 0 Å². The molecule has 0 aromatic carbocycles. The monoisotopic (exact) mass is 195 g/mol. The number of nitrogens with zero attached hydrogens (tertiary/aromatic N) is 1. The van der Waals surface area contributed by atoms with Gasteiger partial charge in [0.2, 0.25) is 5.91 Å². The van der Waals surface area contributed by atoms with Crippen LogP contribution in [0.3, 0.4) is 0 Å². The fraction of sp³-hybridized carbons (Fsp3) is 0.778. The zero-order valence-corrected chi connectivity index (χ0v) is 7.77. The molecule has 76 valence electrons. The lowest BCUT2D eigenvalue weighted by Crippen LogP contribution is -2.78. The van der Waals surface area contributed by atoms with E-state index < -0.39 is 0 Å². The number of nitrogens with two attached hydrogens (primary N) is 1. The zero-order chi connectivity index (χ0) is 9.87. The molecule has 1 heterocycles. The van der Waals surface area contributed by atoms with Crippen molar-refractivity contribution in [2.45, 2.75) is 24.9 Å². The molecule has 0 radical (unpaired) electrons. The number of carbonyl (C=O) groups excluding carboxylic acids is 2. The highest BCUT2D eigenvalue weighted by Gasteiger charge is 2.62. The van der Waals surface area contributed by atoms with Crippen molar-refractivity contribution in [1.82, 2.24) is 10.2 Å². The Kier molecular flexibility index (Phi) is 1.45. The molecule has 1 aliphatic heterocycles. The van der Waals surface area contributed by atoms with Gasteiger partial charge < -0.3 is 10.6 Å². The molecule has 3 saturated carbocycles. The first-order chi connectivity index (χ1) is 6.68. The minimum atomic E-state index is -0.229. The molecule has 14 heavy (non-hydrogen) atoms. The number of nitrogens with one attached hydrogen (secondary N) is 1. The summed E-state index contributed by atoms with van der Waals surface area (Å²) in [6.07, 6.45) is 1.58. The number of hydrogen-bond acceptors (Lipinski definition) is 3. The van der Waals surface area contributed by atoms with Crippen LogP contribution in [0, 0.1) is 11.8 Å². The molecular formula is C9H13N3O2. The molecule has 0 aromatic heterocycles. The Morgan fingerprint density at radius 2 is 2.07 bits per heavy atom. The van der Waals surface area contributed by atoms with Crippen molar-refractivity contribution in [3.63, 3.8) is 0 Å². The molecule has 4 rings (SSSR count). The van der Waals surface area contributed by atoms with E-state index in [1.807, 2.05) is 0 Å². The van der Waals surface area contributed by atoms with Gasteiger partial charge in [-0.15, -0.1) is 0 Å². The molecule has 4 fully saturated rings. The van der Waals surface area contributed by atoms with Gasteiger partial charge in [0.15, 0.2) is 0 Å². The molecule has 0 spiro atoms. The molecule has 3 aliphatic carbocycles. The van der Waals surface area contributed by atoms with Crippen LogP contribution in [0.25, 0.3) is 0 Å². The van der Waals surface area contributed by atoms with Crippen LogP contribution in [0.4, 0.5) is 4.79 Å². The topological polar surface area (TPSA) is 75.4 Å². The minimum Gasteiger partial charge on any atom is -0.327 e. The molecule has 5 nitrogen and oxygen atoms in total. The van der Waals surface area contributed by atoms with Crippen molar-refractivity contribution < 1.29 is 9.59 Å². The van der Waals surface area contributed by atoms with Crippen molar-refractivity contribution in [2.75, 3.05) is 6.54 Å². The van der Waals surface area contributed by atoms with Crippen LogP contribution < -0.4 is 11.1 Å². The Labute approximate surface area is 81.6 Å². The maximum atomic E-state index is 11.5. The Bertz CT molecular complexity index is 307. The maximum absolute atomic E-state index is 11.5. The number of urea groups is 1. The average molecular weight is 195 g/mol. The number of hydrogen-bond donors (Lipinski definition) is 2. The van der Waals surface area contributed by atoms with E-state index in [1.54, 1.807) is 4.90 Å². The predicted molar refractivity (Wildman–Crippen MR) is 48.2 cm³/mol. The van der Waals surface area contributed by atoms with Crippen LogP contribution in [-0.2, 0) is 4.79 Å². The van der Waals surface area contributed by atoms with Crippen molar-refractivity contribution in [2.24, 2.45) is 17.6 Å². The van der Waals surface area contributed by atoms with E-state index in [2.05, 4.69) is 5.32 Å². The highest BCUT2D eigenvalue weighted by molar-refractivity contribution is 5.96. The Balaban J connectivity index is 1.69. The summed E-state index contributed by atoms with van der Waals surface area (Å²) in [5.74, 6) is 0.807. The summed E-state index contributed by atoms with van der Waals surface area (Å²) in [6, 6.07) is 0.386. The molecule has 4 aliphatic rings. The maximum Gasteiger partial charge on any atom is 0.324 e. The van der Waals surface area contributed by atoms with E-state index in [4.69, 9.17) is 5.73 Å². The Morgan fingerprint density at radius 1 is 1.36 bits per heavy atom. The summed E-state index contributed by atoms with van der Waals surface area (Å²) in [5, 5.41) is 2.34. The SMILES string of the molecule is N[C@H]1C2CC1[C@H]2N1CCC(=O)NC1=O. The van der Waals surface area contributed by atoms with Gasteiger partial charge in [0, 0.05) is 25.0 Å². The first-order valence-corrected chi connectivity index (χ1v) is 5.04. The summed E-state index contributed by atoms with van der Waals surface area (Å²) in [5.41, 5.74) is 5.82. The van der Waals surface area contributed by atoms with Crippen molar-refractivity contribution >= 4 is 11.9 Å². The quantitative estimate of drug-likeness (QED) is 0.579. The van der Waals surface area contributed by atoms with E-state index >= 15 is 0 Å². The Hall–Kier alpha value is -1.10. The number of imide groups is 1. The van der Waals surface area contributed by atoms with E-state index in [0.717, 1.165) is 6.42 Å². The molecule has 2 atom stereocenters. The van der Waals surface area contributed by atoms with Crippen LogP contribution in [0.15, 0.2) is 0 Å². The van der Waals surface area contributed by atoms with E-state index in [1.165, 1.54) is 0 Å². The zero-order valence-electron chi connectivity index (χ0n) is 7.77. The highest BCUT2D eigenvalue weighted by Crippen LogP contribution is 2.55. The first kappa shape index (κ1) is 8.23. The van der Waals surface area contributed by atoms with Gasteiger partial charge in [-0.25, -0.2) is 4.79 Å². The van der Waals surface area contributed by atoms with Gasteiger partial charge in [0.05, 0.1) is 0 Å². The molecule has 2 unspecified atom stereocenters. The van der Waals surface area contributed by atoms with E-state index in [-0.39, 0.29) is 11.9 Å². The van der Waals surface area contributed by atoms with Gasteiger partial charge in [-0.3, -0.25) is 10.1 Å². The second-order valence-corrected chi connectivity index (χ2v) is 4.43. The largest absolute Gasteiger partial charge is 0.327 e. The van der Waals surface area contributed by atoms with Crippen molar-refractivity contribution in [1.29, 1.82) is 0 Å². The fourth-order valence-corrected chi connectivity index (χ4v) is 2.78. The lowest BCUT2D eigenvalue weighted by Gasteiger charge is -2.66. The molecular weight excluding hydrogens is 182 g/mol. The summed E-state index contributed by atoms with van der Waals surface area (Å²) in [6.45, 7) is 0.565. The summed E-state index contributed by atoms with van der Waals surface area (Å²) in [4.78, 5) is 24.2. The van der Waals surface area contributed by atoms with Crippen LogP contribution >= 0.6 is 0 Å². The predicted octanol–water partition coefficient (Wildman–Crippen LogP) is -0.726. The van der Waals surface area contributed by atoms with Gasteiger partial charge in [0.1, 0.15) is 0 Å². The van der Waals surface area contributed by atoms with Crippen molar-refractivity contribution in [3.8, 4) is 0 Å². The van der Waals surface area contributed by atoms with Gasteiger partial charge >= 0.3 is 6.03 Å². The van der Waals surface area contributed by atoms with Gasteiger partial charge in [-0.1, -0.05) is 0 Å². The van der Waals surface area contributed by atoms with Crippen LogP contribution in [0.1, 0.15) is 12.8 Å². The van der Waals surface area contributed by atoms with Crippen LogP contribution in [-0.4, -0.2) is 35.5 Å². The van der Waals surface area contributed by atoms with E-state index in [9.17, 15) is 9.59 Å². The van der Waals surface area contributed by atoms with Crippen LogP contribution in [0.5, 0.6) is 0 Å². The number of amides is 3. The molecule has 3 N–H and O–H groups in total. The molecule has 1 saturated heterocycles. The molecule has 0 aromatic rings. The second kappa shape index (κ2) is 2.48. The smallest absolute Gasteiger partial charge is 0.324 e. The lowest BCUT2D eigenvalue weighted by atomic mass is 9.48. The first-order valence-electron chi connectivity index (χ1n) is 5.04. The fourth-order valence-electron chi connectivity index (χ4n) is 2.78. The molecule has 5 heteroatoms. The van der Waals surface area contributed by atoms with Gasteiger partial charge in [-0.2, -0.15) is 0 Å². The number of rotatable bonds is 1. The normalized spacial score (nSPS) is 45.4. The second-order valence-electron chi connectivity index (χ2n) is 4.43. The number of carbonyl (C=O) groups is 2. The summed E-state index contributed by atoms with van der Waals surface area (Å²) in [7, 11) is 0. The van der Waals surface area contributed by atoms with Crippen molar-refractivity contribution in [3.05, 3.63) is 0 Å². The highest BCUT2D eigenvalue weighted by atomic mass is 16.2. The average Bonchev–Trinajstić information content (AvgIpc) is 2.06. The third-order valence-electron chi connectivity index (χ3n) is 3.86. The summed E-state index contributed by atoms with van der Waals surface area (Å²) < 4.78 is 0.